The normalized spacial score (nSPS) is 22.6. The maximum absolute atomic E-state index is 12.8. The van der Waals surface area contributed by atoms with Crippen molar-refractivity contribution in [2.45, 2.75) is 50.8 Å². The minimum atomic E-state index is -5.08. The van der Waals surface area contributed by atoms with Crippen molar-refractivity contribution >= 4 is 11.9 Å². The van der Waals surface area contributed by atoms with Crippen molar-refractivity contribution in [3.8, 4) is 0 Å². The van der Waals surface area contributed by atoms with Gasteiger partial charge in [0, 0.05) is 19.0 Å². The molecule has 2 aromatic heterocycles. The number of fused-ring (bicyclic) bond motifs is 1. The van der Waals surface area contributed by atoms with Gasteiger partial charge in [0.2, 0.25) is 0 Å². The van der Waals surface area contributed by atoms with Crippen molar-refractivity contribution in [1.82, 2.24) is 9.88 Å². The van der Waals surface area contributed by atoms with Gasteiger partial charge >= 0.3 is 12.1 Å². The molecule has 0 spiro atoms. The summed E-state index contributed by atoms with van der Waals surface area (Å²) in [6.07, 6.45) is 0.129. The first-order chi connectivity index (χ1) is 15.2. The van der Waals surface area contributed by atoms with Crippen LogP contribution >= 0.6 is 0 Å². The molecular formula is C21H23F3N2O6. The van der Waals surface area contributed by atoms with Gasteiger partial charge in [-0.05, 0) is 43.5 Å². The number of alkyl halides is 3. The Balaban J connectivity index is 0.000000360. The standard InChI is InChI=1S/C19H22N2O4.C2HF3O2/c1-13-6-7-16(25-13)19(22)21-11-17(18-15(21)5-3-9-23-18)24-12-14-4-2-8-20-10-14;3-2(4,5)1(6)7/h2,4,6-8,10,15,17-18H,3,5,9,11-12H2,1H3;(H,6,7)/t15-,17+,18-;/m0./s1. The highest BCUT2D eigenvalue weighted by molar-refractivity contribution is 5.92. The molecule has 0 aliphatic carbocycles. The molecule has 3 atom stereocenters. The molecule has 4 heterocycles. The van der Waals surface area contributed by atoms with Gasteiger partial charge in [0.25, 0.3) is 5.91 Å². The van der Waals surface area contributed by atoms with E-state index in [1.807, 2.05) is 30.0 Å². The molecule has 174 valence electrons. The van der Waals surface area contributed by atoms with Gasteiger partial charge in [-0.1, -0.05) is 6.07 Å². The van der Waals surface area contributed by atoms with Crippen molar-refractivity contribution < 1.29 is 41.8 Å². The number of carboxylic acid groups (broad SMARTS) is 1. The summed E-state index contributed by atoms with van der Waals surface area (Å²) in [6.45, 7) is 3.55. The summed E-state index contributed by atoms with van der Waals surface area (Å²) in [7, 11) is 0. The second-order valence-corrected chi connectivity index (χ2v) is 7.43. The zero-order chi connectivity index (χ0) is 23.3. The van der Waals surface area contributed by atoms with E-state index in [9.17, 15) is 18.0 Å². The van der Waals surface area contributed by atoms with E-state index >= 15 is 0 Å². The van der Waals surface area contributed by atoms with E-state index in [4.69, 9.17) is 23.8 Å². The van der Waals surface area contributed by atoms with Gasteiger partial charge in [-0.15, -0.1) is 0 Å². The molecule has 4 rings (SSSR count). The lowest BCUT2D eigenvalue weighted by molar-refractivity contribution is -0.192. The second-order valence-electron chi connectivity index (χ2n) is 7.43. The summed E-state index contributed by atoms with van der Waals surface area (Å²) >= 11 is 0. The average Bonchev–Trinajstić information content (AvgIpc) is 3.36. The van der Waals surface area contributed by atoms with E-state index in [2.05, 4.69) is 4.98 Å². The third-order valence-corrected chi connectivity index (χ3v) is 5.12. The number of carbonyl (C=O) groups excluding carboxylic acids is 1. The smallest absolute Gasteiger partial charge is 0.475 e. The van der Waals surface area contributed by atoms with Gasteiger partial charge in [-0.25, -0.2) is 4.79 Å². The Morgan fingerprint density at radius 1 is 1.31 bits per heavy atom. The van der Waals surface area contributed by atoms with Crippen LogP contribution in [0, 0.1) is 6.92 Å². The van der Waals surface area contributed by atoms with E-state index in [-0.39, 0.29) is 24.2 Å². The van der Waals surface area contributed by atoms with Crippen molar-refractivity contribution in [3.63, 3.8) is 0 Å². The highest BCUT2D eigenvalue weighted by Gasteiger charge is 2.47. The van der Waals surface area contributed by atoms with Crippen molar-refractivity contribution in [2.24, 2.45) is 0 Å². The van der Waals surface area contributed by atoms with Gasteiger partial charge in [0.05, 0.1) is 19.2 Å². The molecule has 1 amide bonds. The average molecular weight is 456 g/mol. The number of aromatic nitrogens is 1. The number of nitrogens with zero attached hydrogens (tertiary/aromatic N) is 2. The zero-order valence-corrected chi connectivity index (χ0v) is 17.2. The summed E-state index contributed by atoms with van der Waals surface area (Å²) < 4.78 is 49.3. The molecule has 0 saturated carbocycles. The number of carbonyl (C=O) groups is 2. The number of amides is 1. The second kappa shape index (κ2) is 10.1. The molecule has 2 fully saturated rings. The summed E-state index contributed by atoms with van der Waals surface area (Å²) in [6, 6.07) is 7.47. The first-order valence-corrected chi connectivity index (χ1v) is 9.96. The molecule has 0 radical (unpaired) electrons. The van der Waals surface area contributed by atoms with Gasteiger partial charge in [-0.3, -0.25) is 9.78 Å². The van der Waals surface area contributed by atoms with Crippen LogP contribution < -0.4 is 0 Å². The molecule has 2 saturated heterocycles. The molecule has 32 heavy (non-hydrogen) atoms. The van der Waals surface area contributed by atoms with Crippen molar-refractivity contribution in [2.75, 3.05) is 13.2 Å². The third kappa shape index (κ3) is 5.86. The predicted octanol–water partition coefficient (Wildman–Crippen LogP) is 3.21. The lowest BCUT2D eigenvalue weighted by Crippen LogP contribution is -2.43. The Kier molecular flexibility index (Phi) is 7.52. The Labute approximate surface area is 181 Å². The summed E-state index contributed by atoms with van der Waals surface area (Å²) in [5.74, 6) is -1.72. The number of halogens is 3. The Bertz CT molecular complexity index is 918. The minimum absolute atomic E-state index is 0.0468. The maximum atomic E-state index is 12.8. The van der Waals surface area contributed by atoms with Crippen LogP contribution in [0.25, 0.3) is 0 Å². The van der Waals surface area contributed by atoms with Crippen LogP contribution in [-0.4, -0.2) is 64.4 Å². The summed E-state index contributed by atoms with van der Waals surface area (Å²) in [5, 5.41) is 7.12. The number of pyridine rings is 1. The number of carboxylic acids is 1. The Morgan fingerprint density at radius 3 is 2.66 bits per heavy atom. The van der Waals surface area contributed by atoms with Crippen LogP contribution in [0.5, 0.6) is 0 Å². The molecule has 0 bridgehead atoms. The van der Waals surface area contributed by atoms with Crippen LogP contribution in [-0.2, 0) is 20.9 Å². The topological polar surface area (TPSA) is 102 Å². The van der Waals surface area contributed by atoms with Gasteiger partial charge in [0.15, 0.2) is 5.76 Å². The fourth-order valence-electron chi connectivity index (χ4n) is 3.67. The van der Waals surface area contributed by atoms with Crippen molar-refractivity contribution in [3.05, 3.63) is 53.7 Å². The SMILES string of the molecule is Cc1ccc(C(=O)N2C[C@@H](OCc3cccnc3)[C@H]3OCCC[C@@H]32)o1.O=C(O)C(F)(F)F. The maximum Gasteiger partial charge on any atom is 0.490 e. The molecule has 2 aromatic rings. The molecule has 2 aliphatic rings. The molecule has 11 heteroatoms. The summed E-state index contributed by atoms with van der Waals surface area (Å²) in [5.41, 5.74) is 1.02. The fraction of sp³-hybridized carbons (Fsp3) is 0.476. The van der Waals surface area contributed by atoms with E-state index in [0.717, 1.165) is 30.8 Å². The van der Waals surface area contributed by atoms with Crippen LogP contribution in [0.4, 0.5) is 13.2 Å². The minimum Gasteiger partial charge on any atom is -0.475 e. The third-order valence-electron chi connectivity index (χ3n) is 5.12. The van der Waals surface area contributed by atoms with Gasteiger partial charge < -0.3 is 23.9 Å². The van der Waals surface area contributed by atoms with E-state index in [1.54, 1.807) is 18.5 Å². The van der Waals surface area contributed by atoms with Crippen LogP contribution in [0.15, 0.2) is 41.1 Å². The highest BCUT2D eigenvalue weighted by Crippen LogP contribution is 2.32. The van der Waals surface area contributed by atoms with Crippen LogP contribution in [0.3, 0.4) is 0 Å². The highest BCUT2D eigenvalue weighted by atomic mass is 19.4. The predicted molar refractivity (Wildman–Crippen MR) is 104 cm³/mol. The first kappa shape index (κ1) is 23.7. The first-order valence-electron chi connectivity index (χ1n) is 9.96. The lowest BCUT2D eigenvalue weighted by atomic mass is 10.0. The molecule has 2 aliphatic heterocycles. The summed E-state index contributed by atoms with van der Waals surface area (Å²) in [4.78, 5) is 27.7. The van der Waals surface area contributed by atoms with Gasteiger partial charge in [0.1, 0.15) is 18.0 Å². The largest absolute Gasteiger partial charge is 0.490 e. The molecule has 0 aromatic carbocycles. The molecular weight excluding hydrogens is 433 g/mol. The number of aryl methyl sites for hydroxylation is 1. The number of furan rings is 1. The van der Waals surface area contributed by atoms with E-state index in [0.29, 0.717) is 18.9 Å². The number of likely N-dealkylation sites (tertiary alicyclic amines) is 1. The van der Waals surface area contributed by atoms with E-state index in [1.165, 1.54) is 0 Å². The molecule has 1 N–H and O–H groups in total. The zero-order valence-electron chi connectivity index (χ0n) is 17.2. The number of rotatable bonds is 4. The van der Waals surface area contributed by atoms with Crippen molar-refractivity contribution in [1.29, 1.82) is 0 Å². The monoisotopic (exact) mass is 456 g/mol. The quantitative estimate of drug-likeness (QED) is 0.754. The number of aliphatic carboxylic acids is 1. The number of hydrogen-bond donors (Lipinski definition) is 1. The Morgan fingerprint density at radius 2 is 2.06 bits per heavy atom. The van der Waals surface area contributed by atoms with Crippen LogP contribution in [0.1, 0.15) is 34.7 Å². The fourth-order valence-corrected chi connectivity index (χ4v) is 3.67. The molecule has 0 unspecified atom stereocenters. The lowest BCUT2D eigenvalue weighted by Gasteiger charge is -2.31. The van der Waals surface area contributed by atoms with Gasteiger partial charge in [-0.2, -0.15) is 13.2 Å². The van der Waals surface area contributed by atoms with Crippen LogP contribution in [0.2, 0.25) is 0 Å². The number of ether oxygens (including phenoxy) is 2. The Hall–Kier alpha value is -2.92. The van der Waals surface area contributed by atoms with E-state index < -0.39 is 12.1 Å². The number of hydrogen-bond acceptors (Lipinski definition) is 6. The molecule has 8 nitrogen and oxygen atoms in total.